The second-order valence-electron chi connectivity index (χ2n) is 4.33. The number of nitrogens with zero attached hydrogens (tertiary/aromatic N) is 2. The molecule has 1 heterocycles. The number of hydrogen-bond donors (Lipinski definition) is 2. The van der Waals surface area contributed by atoms with Crippen LogP contribution < -0.4 is 5.32 Å². The largest absolute Gasteiger partial charge is 0.396 e. The summed E-state index contributed by atoms with van der Waals surface area (Å²) < 4.78 is 13.2. The molecule has 6 heteroatoms. The monoisotopic (exact) mass is 247 g/mol. The number of rotatable bonds is 5. The molecule has 0 saturated carbocycles. The Morgan fingerprint density at radius 3 is 2.88 bits per heavy atom. The average Bonchev–Trinajstić information content (AvgIpc) is 2.19. The van der Waals surface area contributed by atoms with E-state index in [9.17, 15) is 4.39 Å². The molecule has 90 valence electrons. The maximum Gasteiger partial charge on any atom is 0.224 e. The molecule has 0 amide bonds. The molecule has 1 aromatic rings. The smallest absolute Gasteiger partial charge is 0.224 e. The van der Waals surface area contributed by atoms with Crippen molar-refractivity contribution < 1.29 is 9.50 Å². The van der Waals surface area contributed by atoms with Crippen LogP contribution in [0.25, 0.3) is 0 Å². The van der Waals surface area contributed by atoms with Crippen molar-refractivity contribution in [2.45, 2.75) is 20.3 Å². The predicted octanol–water partition coefficient (Wildman–Crippen LogP) is 2.09. The first-order valence-corrected chi connectivity index (χ1v) is 5.35. The molecular formula is C10H15ClFN3O. The van der Waals surface area contributed by atoms with Crippen LogP contribution in [-0.4, -0.2) is 28.2 Å². The fraction of sp³-hybridized carbons (Fsp3) is 0.600. The summed E-state index contributed by atoms with van der Waals surface area (Å²) in [6.07, 6.45) is 1.65. The second kappa shape index (κ2) is 5.41. The van der Waals surface area contributed by atoms with Crippen molar-refractivity contribution in [3.8, 4) is 0 Å². The minimum Gasteiger partial charge on any atom is -0.396 e. The Kier molecular flexibility index (Phi) is 4.44. The Labute approximate surface area is 98.9 Å². The summed E-state index contributed by atoms with van der Waals surface area (Å²) in [7, 11) is 0. The molecule has 0 spiro atoms. The zero-order chi connectivity index (χ0) is 12.2. The molecule has 1 rings (SSSR count). The Bertz CT molecular complexity index is 360. The van der Waals surface area contributed by atoms with Crippen LogP contribution in [0.1, 0.15) is 20.3 Å². The van der Waals surface area contributed by atoms with E-state index < -0.39 is 5.82 Å². The highest BCUT2D eigenvalue weighted by molar-refractivity contribution is 6.28. The van der Waals surface area contributed by atoms with Crippen LogP contribution in [-0.2, 0) is 0 Å². The third kappa shape index (κ3) is 3.90. The third-order valence-electron chi connectivity index (χ3n) is 2.24. The standard InChI is InChI=1S/C10H15ClFN3O/c1-10(2,3-4-16)6-14-8-7(12)5-13-9(11)15-8/h5,16H,3-4,6H2,1-2H3,(H,13,14,15). The minimum absolute atomic E-state index is 0.00358. The van der Waals surface area contributed by atoms with E-state index in [1.165, 1.54) is 0 Å². The number of aliphatic hydroxyl groups excluding tert-OH is 1. The molecule has 0 fully saturated rings. The number of aromatic nitrogens is 2. The van der Waals surface area contributed by atoms with Crippen LogP contribution >= 0.6 is 11.6 Å². The maximum absolute atomic E-state index is 13.2. The molecule has 0 atom stereocenters. The van der Waals surface area contributed by atoms with Gasteiger partial charge in [-0.3, -0.25) is 0 Å². The number of aliphatic hydroxyl groups is 1. The SMILES string of the molecule is CC(C)(CCO)CNc1nc(Cl)ncc1F. The molecule has 4 nitrogen and oxygen atoms in total. The quantitative estimate of drug-likeness (QED) is 0.783. The zero-order valence-corrected chi connectivity index (χ0v) is 10.1. The van der Waals surface area contributed by atoms with Crippen LogP contribution in [0, 0.1) is 11.2 Å². The Morgan fingerprint density at radius 1 is 1.56 bits per heavy atom. The summed E-state index contributed by atoms with van der Waals surface area (Å²) in [6.45, 7) is 4.54. The van der Waals surface area contributed by atoms with Crippen LogP contribution in [0.15, 0.2) is 6.20 Å². The van der Waals surface area contributed by atoms with Gasteiger partial charge in [-0.05, 0) is 23.4 Å². The summed E-state index contributed by atoms with van der Waals surface area (Å²) in [6, 6.07) is 0. The highest BCUT2D eigenvalue weighted by atomic mass is 35.5. The Balaban J connectivity index is 2.63. The van der Waals surface area contributed by atoms with Gasteiger partial charge in [-0.2, -0.15) is 4.98 Å². The average molecular weight is 248 g/mol. The minimum atomic E-state index is -0.538. The molecule has 0 radical (unpaired) electrons. The molecule has 0 bridgehead atoms. The van der Waals surface area contributed by atoms with Gasteiger partial charge in [0.2, 0.25) is 5.28 Å². The van der Waals surface area contributed by atoms with E-state index in [-0.39, 0.29) is 23.1 Å². The lowest BCUT2D eigenvalue weighted by atomic mass is 9.90. The highest BCUT2D eigenvalue weighted by Gasteiger charge is 2.18. The Morgan fingerprint density at radius 2 is 2.25 bits per heavy atom. The van der Waals surface area contributed by atoms with Crippen LogP contribution in [0.3, 0.4) is 0 Å². The van der Waals surface area contributed by atoms with E-state index in [0.717, 1.165) is 6.20 Å². The topological polar surface area (TPSA) is 58.0 Å². The van der Waals surface area contributed by atoms with Crippen molar-refractivity contribution in [3.63, 3.8) is 0 Å². The fourth-order valence-electron chi connectivity index (χ4n) is 1.18. The summed E-state index contributed by atoms with van der Waals surface area (Å²) >= 11 is 5.56. The van der Waals surface area contributed by atoms with E-state index in [1.54, 1.807) is 0 Å². The summed E-state index contributed by atoms with van der Waals surface area (Å²) in [5.41, 5.74) is -0.140. The van der Waals surface area contributed by atoms with Crippen LogP contribution in [0.5, 0.6) is 0 Å². The molecule has 0 aromatic carbocycles. The molecule has 0 aliphatic rings. The van der Waals surface area contributed by atoms with Gasteiger partial charge < -0.3 is 10.4 Å². The first-order valence-electron chi connectivity index (χ1n) is 4.97. The van der Waals surface area contributed by atoms with Gasteiger partial charge in [0, 0.05) is 13.2 Å². The van der Waals surface area contributed by atoms with Crippen molar-refractivity contribution >= 4 is 17.4 Å². The van der Waals surface area contributed by atoms with E-state index in [4.69, 9.17) is 16.7 Å². The fourth-order valence-corrected chi connectivity index (χ4v) is 1.32. The molecule has 0 aliphatic heterocycles. The number of anilines is 1. The lowest BCUT2D eigenvalue weighted by Gasteiger charge is -2.24. The molecule has 2 N–H and O–H groups in total. The van der Waals surface area contributed by atoms with Gasteiger partial charge in [-0.1, -0.05) is 13.8 Å². The van der Waals surface area contributed by atoms with Gasteiger partial charge >= 0.3 is 0 Å². The van der Waals surface area contributed by atoms with Gasteiger partial charge in [0.25, 0.3) is 0 Å². The molecule has 16 heavy (non-hydrogen) atoms. The number of hydrogen-bond acceptors (Lipinski definition) is 4. The van der Waals surface area contributed by atoms with Gasteiger partial charge in [0.15, 0.2) is 11.6 Å². The van der Waals surface area contributed by atoms with Crippen LogP contribution in [0.2, 0.25) is 5.28 Å². The van der Waals surface area contributed by atoms with E-state index in [0.29, 0.717) is 13.0 Å². The predicted molar refractivity (Wildman–Crippen MR) is 61.0 cm³/mol. The number of halogens is 2. The summed E-state index contributed by atoms with van der Waals surface area (Å²) in [5, 5.41) is 11.7. The first kappa shape index (κ1) is 13.1. The van der Waals surface area contributed by atoms with Gasteiger partial charge in [0.05, 0.1) is 6.20 Å². The first-order chi connectivity index (χ1) is 7.44. The Hall–Kier alpha value is -0.940. The lowest BCUT2D eigenvalue weighted by molar-refractivity contribution is 0.220. The van der Waals surface area contributed by atoms with Crippen molar-refractivity contribution in [1.82, 2.24) is 9.97 Å². The molecular weight excluding hydrogens is 233 g/mol. The lowest BCUT2D eigenvalue weighted by Crippen LogP contribution is -2.25. The van der Waals surface area contributed by atoms with Gasteiger partial charge in [0.1, 0.15) is 0 Å². The van der Waals surface area contributed by atoms with Crippen molar-refractivity contribution in [3.05, 3.63) is 17.3 Å². The van der Waals surface area contributed by atoms with E-state index in [1.807, 2.05) is 13.8 Å². The second-order valence-corrected chi connectivity index (χ2v) is 4.67. The van der Waals surface area contributed by atoms with Gasteiger partial charge in [-0.25, -0.2) is 9.37 Å². The number of nitrogens with one attached hydrogen (secondary N) is 1. The summed E-state index contributed by atoms with van der Waals surface area (Å²) in [5.74, 6) is -0.449. The van der Waals surface area contributed by atoms with E-state index in [2.05, 4.69) is 15.3 Å². The maximum atomic E-state index is 13.2. The normalized spacial score (nSPS) is 11.6. The zero-order valence-electron chi connectivity index (χ0n) is 9.30. The molecule has 1 aromatic heterocycles. The third-order valence-corrected chi connectivity index (χ3v) is 2.42. The van der Waals surface area contributed by atoms with Gasteiger partial charge in [-0.15, -0.1) is 0 Å². The van der Waals surface area contributed by atoms with Crippen LogP contribution in [0.4, 0.5) is 10.2 Å². The van der Waals surface area contributed by atoms with Crippen molar-refractivity contribution in [1.29, 1.82) is 0 Å². The summed E-state index contributed by atoms with van der Waals surface area (Å²) in [4.78, 5) is 7.26. The molecule has 0 aliphatic carbocycles. The highest BCUT2D eigenvalue weighted by Crippen LogP contribution is 2.21. The van der Waals surface area contributed by atoms with Crippen molar-refractivity contribution in [2.24, 2.45) is 5.41 Å². The molecule has 0 unspecified atom stereocenters. The van der Waals surface area contributed by atoms with E-state index >= 15 is 0 Å². The molecule has 0 saturated heterocycles. The van der Waals surface area contributed by atoms with Crippen molar-refractivity contribution in [2.75, 3.05) is 18.5 Å².